The third-order valence-corrected chi connectivity index (χ3v) is 6.16. The van der Waals surface area contributed by atoms with E-state index in [9.17, 15) is 0 Å². The van der Waals surface area contributed by atoms with Gasteiger partial charge in [-0.15, -0.1) is 0 Å². The Hall–Kier alpha value is -2.97. The van der Waals surface area contributed by atoms with Gasteiger partial charge in [0.15, 0.2) is 5.88 Å². The number of nitrogens with two attached hydrogens (primary N) is 1. The molecular weight excluding hydrogens is 429 g/mol. The second-order valence-electron chi connectivity index (χ2n) is 7.30. The van der Waals surface area contributed by atoms with Crippen molar-refractivity contribution in [3.8, 4) is 23.1 Å². The Morgan fingerprint density at radius 3 is 2.42 bits per heavy atom. The van der Waals surface area contributed by atoms with E-state index in [0.717, 1.165) is 44.6 Å². The molecule has 0 radical (unpaired) electrons. The van der Waals surface area contributed by atoms with Gasteiger partial charge in [-0.3, -0.25) is 0 Å². The van der Waals surface area contributed by atoms with Gasteiger partial charge in [0.25, 0.3) is 0 Å². The minimum absolute atomic E-state index is 0.511. The molecule has 6 heteroatoms. The SMILES string of the molecule is COc1[nH]c2ccc(-c3ccc(C#N)cc3)c(Cc3ccc(Cl)c(Cl)c3)c2c1CCN. The molecule has 0 saturated heterocycles. The monoisotopic (exact) mass is 449 g/mol. The highest BCUT2D eigenvalue weighted by Gasteiger charge is 2.19. The lowest BCUT2D eigenvalue weighted by molar-refractivity contribution is 0.397. The number of rotatable bonds is 6. The largest absolute Gasteiger partial charge is 0.482 e. The van der Waals surface area contributed by atoms with Crippen molar-refractivity contribution in [3.63, 3.8) is 0 Å². The van der Waals surface area contributed by atoms with Crippen molar-refractivity contribution in [1.82, 2.24) is 4.98 Å². The van der Waals surface area contributed by atoms with Gasteiger partial charge < -0.3 is 15.5 Å². The number of H-pyrrole nitrogens is 1. The van der Waals surface area contributed by atoms with Gasteiger partial charge in [-0.05, 0) is 72.0 Å². The maximum Gasteiger partial charge on any atom is 0.194 e. The summed E-state index contributed by atoms with van der Waals surface area (Å²) in [6.45, 7) is 0.511. The lowest BCUT2D eigenvalue weighted by atomic mass is 9.90. The van der Waals surface area contributed by atoms with Gasteiger partial charge in [-0.1, -0.05) is 47.5 Å². The van der Waals surface area contributed by atoms with Crippen molar-refractivity contribution in [2.45, 2.75) is 12.8 Å². The summed E-state index contributed by atoms with van der Waals surface area (Å²) in [5.41, 5.74) is 12.9. The number of methoxy groups -OCH3 is 1. The number of aromatic nitrogens is 1. The third-order valence-electron chi connectivity index (χ3n) is 5.43. The van der Waals surface area contributed by atoms with E-state index >= 15 is 0 Å². The molecule has 0 amide bonds. The van der Waals surface area contributed by atoms with E-state index in [1.807, 2.05) is 42.5 Å². The van der Waals surface area contributed by atoms with Gasteiger partial charge in [-0.25, -0.2) is 0 Å². The van der Waals surface area contributed by atoms with Crippen LogP contribution in [0.25, 0.3) is 22.0 Å². The molecule has 4 rings (SSSR count). The molecule has 0 atom stereocenters. The minimum atomic E-state index is 0.511. The number of nitrogens with one attached hydrogen (secondary N) is 1. The van der Waals surface area contributed by atoms with E-state index < -0.39 is 0 Å². The number of halogens is 2. The fourth-order valence-electron chi connectivity index (χ4n) is 4.00. The Kier molecular flexibility index (Phi) is 6.20. The molecule has 0 bridgehead atoms. The number of ether oxygens (including phenoxy) is 1. The Balaban J connectivity index is 1.97. The summed E-state index contributed by atoms with van der Waals surface area (Å²) >= 11 is 12.4. The molecule has 0 unspecified atom stereocenters. The van der Waals surface area contributed by atoms with Crippen LogP contribution in [0.5, 0.6) is 5.88 Å². The van der Waals surface area contributed by atoms with E-state index in [1.165, 1.54) is 0 Å². The average Bonchev–Trinajstić information content (AvgIpc) is 3.15. The van der Waals surface area contributed by atoms with Crippen LogP contribution in [-0.4, -0.2) is 18.6 Å². The predicted molar refractivity (Wildman–Crippen MR) is 127 cm³/mol. The molecular formula is C25H21Cl2N3O. The van der Waals surface area contributed by atoms with E-state index in [4.69, 9.17) is 38.9 Å². The summed E-state index contributed by atoms with van der Waals surface area (Å²) in [6.07, 6.45) is 1.34. The average molecular weight is 450 g/mol. The molecule has 3 N–H and O–H groups in total. The Labute approximate surface area is 191 Å². The zero-order chi connectivity index (χ0) is 22.0. The topological polar surface area (TPSA) is 74.8 Å². The summed E-state index contributed by atoms with van der Waals surface area (Å²) in [5.74, 6) is 0.729. The summed E-state index contributed by atoms with van der Waals surface area (Å²) < 4.78 is 5.61. The predicted octanol–water partition coefficient (Wildman–Crippen LogP) is 6.11. The number of benzene rings is 3. The van der Waals surface area contributed by atoms with Crippen molar-refractivity contribution >= 4 is 34.1 Å². The van der Waals surface area contributed by atoms with Crippen LogP contribution in [0.2, 0.25) is 10.0 Å². The van der Waals surface area contributed by atoms with Crippen molar-refractivity contribution in [2.24, 2.45) is 5.73 Å². The number of aromatic amines is 1. The lowest BCUT2D eigenvalue weighted by Gasteiger charge is -2.14. The second-order valence-corrected chi connectivity index (χ2v) is 8.12. The summed E-state index contributed by atoms with van der Waals surface area (Å²) in [4.78, 5) is 3.37. The van der Waals surface area contributed by atoms with E-state index in [0.29, 0.717) is 35.0 Å². The van der Waals surface area contributed by atoms with Crippen LogP contribution in [0, 0.1) is 11.3 Å². The number of nitriles is 1. The maximum absolute atomic E-state index is 9.16. The molecule has 0 aliphatic carbocycles. The lowest BCUT2D eigenvalue weighted by Crippen LogP contribution is -2.04. The van der Waals surface area contributed by atoms with E-state index in [-0.39, 0.29) is 0 Å². The number of hydrogen-bond acceptors (Lipinski definition) is 3. The molecule has 3 aromatic carbocycles. The van der Waals surface area contributed by atoms with Crippen LogP contribution < -0.4 is 10.5 Å². The number of fused-ring (bicyclic) bond motifs is 1. The quantitative estimate of drug-likeness (QED) is 0.372. The zero-order valence-electron chi connectivity index (χ0n) is 17.0. The molecule has 0 spiro atoms. The molecule has 1 aromatic heterocycles. The summed E-state index contributed by atoms with van der Waals surface area (Å²) in [7, 11) is 1.66. The molecule has 31 heavy (non-hydrogen) atoms. The molecule has 0 aliphatic heterocycles. The molecule has 4 aromatic rings. The first-order valence-corrected chi connectivity index (χ1v) is 10.7. The Bertz CT molecular complexity index is 1290. The third kappa shape index (κ3) is 4.13. The highest BCUT2D eigenvalue weighted by molar-refractivity contribution is 6.42. The van der Waals surface area contributed by atoms with Gasteiger partial charge in [0, 0.05) is 16.5 Å². The molecule has 0 saturated carbocycles. The van der Waals surface area contributed by atoms with Crippen LogP contribution in [0.15, 0.2) is 54.6 Å². The Morgan fingerprint density at radius 1 is 1.00 bits per heavy atom. The van der Waals surface area contributed by atoms with Gasteiger partial charge in [0.05, 0.1) is 28.8 Å². The Morgan fingerprint density at radius 2 is 1.77 bits per heavy atom. The van der Waals surface area contributed by atoms with Gasteiger partial charge in [0.1, 0.15) is 0 Å². The van der Waals surface area contributed by atoms with Crippen LogP contribution in [0.1, 0.15) is 22.3 Å². The first-order chi connectivity index (χ1) is 15.0. The van der Waals surface area contributed by atoms with Crippen molar-refractivity contribution in [3.05, 3.63) is 86.9 Å². The van der Waals surface area contributed by atoms with Crippen molar-refractivity contribution in [2.75, 3.05) is 13.7 Å². The standard InChI is InChI=1S/C25H21Cl2N3O/c1-31-25-19(10-11-28)24-20(12-16-4-8-21(26)22(27)13-16)18(7-9-23(24)30-25)17-5-2-15(14-29)3-6-17/h2-9,13,30H,10-12,28H2,1H3. The van der Waals surface area contributed by atoms with E-state index in [1.54, 1.807) is 7.11 Å². The first-order valence-electron chi connectivity index (χ1n) is 9.90. The van der Waals surface area contributed by atoms with Gasteiger partial charge in [-0.2, -0.15) is 5.26 Å². The molecule has 1 heterocycles. The second kappa shape index (κ2) is 9.03. The highest BCUT2D eigenvalue weighted by Crippen LogP contribution is 2.38. The minimum Gasteiger partial charge on any atom is -0.482 e. The first kappa shape index (κ1) is 21.3. The molecule has 156 valence electrons. The number of nitrogens with zero attached hydrogens (tertiary/aromatic N) is 1. The highest BCUT2D eigenvalue weighted by atomic mass is 35.5. The zero-order valence-corrected chi connectivity index (χ0v) is 18.5. The van der Waals surface area contributed by atoms with Crippen molar-refractivity contribution in [1.29, 1.82) is 5.26 Å². The smallest absolute Gasteiger partial charge is 0.194 e. The van der Waals surface area contributed by atoms with Gasteiger partial charge >= 0.3 is 0 Å². The van der Waals surface area contributed by atoms with Gasteiger partial charge in [0.2, 0.25) is 0 Å². The fraction of sp³-hybridized carbons (Fsp3) is 0.160. The van der Waals surface area contributed by atoms with Crippen LogP contribution in [0.4, 0.5) is 0 Å². The maximum atomic E-state index is 9.16. The fourth-order valence-corrected chi connectivity index (χ4v) is 4.32. The molecule has 4 nitrogen and oxygen atoms in total. The summed E-state index contributed by atoms with van der Waals surface area (Å²) in [6, 6.07) is 19.7. The van der Waals surface area contributed by atoms with Crippen LogP contribution in [-0.2, 0) is 12.8 Å². The van der Waals surface area contributed by atoms with Crippen LogP contribution >= 0.6 is 23.2 Å². The summed E-state index contributed by atoms with van der Waals surface area (Å²) in [5, 5.41) is 11.3. The van der Waals surface area contributed by atoms with Crippen LogP contribution in [0.3, 0.4) is 0 Å². The van der Waals surface area contributed by atoms with Crippen molar-refractivity contribution < 1.29 is 4.74 Å². The molecule has 0 aliphatic rings. The number of hydrogen-bond donors (Lipinski definition) is 2. The van der Waals surface area contributed by atoms with E-state index in [2.05, 4.69) is 23.2 Å². The normalized spacial score (nSPS) is 10.9. The molecule has 0 fully saturated rings.